The van der Waals surface area contributed by atoms with Gasteiger partial charge < -0.3 is 10.5 Å². The van der Waals surface area contributed by atoms with Gasteiger partial charge in [0.2, 0.25) is 9.84 Å². The maximum absolute atomic E-state index is 12.1. The Hall–Kier alpha value is -1.33. The molecule has 17 heavy (non-hydrogen) atoms. The number of methoxy groups -OCH3 is 1. The Labute approximate surface area is 101 Å². The zero-order valence-corrected chi connectivity index (χ0v) is 10.5. The van der Waals surface area contributed by atoms with Crippen molar-refractivity contribution >= 4 is 15.9 Å². The Morgan fingerprint density at radius 3 is 2.76 bits per heavy atom. The normalized spacial score (nSPS) is 16.5. The number of allylic oxidation sites excluding steroid dienone is 1. The predicted octanol–water partition coefficient (Wildman–Crippen LogP) is 1.56. The molecule has 5 heteroatoms. The van der Waals surface area contributed by atoms with Crippen molar-refractivity contribution in [3.8, 4) is 5.75 Å². The molecule has 0 atom stereocenters. The summed E-state index contributed by atoms with van der Waals surface area (Å²) in [5, 5.41) is 0. The van der Waals surface area contributed by atoms with Gasteiger partial charge in [-0.1, -0.05) is 0 Å². The number of sulfone groups is 1. The van der Waals surface area contributed by atoms with Crippen LogP contribution in [0, 0.1) is 0 Å². The van der Waals surface area contributed by atoms with Crippen molar-refractivity contribution in [1.29, 1.82) is 0 Å². The third kappa shape index (κ3) is 2.08. The fourth-order valence-electron chi connectivity index (χ4n) is 1.89. The first-order chi connectivity index (χ1) is 8.09. The molecule has 1 aliphatic heterocycles. The van der Waals surface area contributed by atoms with Gasteiger partial charge in [-0.2, -0.15) is 0 Å². The molecule has 4 nitrogen and oxygen atoms in total. The summed E-state index contributed by atoms with van der Waals surface area (Å²) in [6, 6.07) is 4.99. The topological polar surface area (TPSA) is 69.4 Å². The summed E-state index contributed by atoms with van der Waals surface area (Å²) in [4.78, 5) is 0.816. The third-order valence-electron chi connectivity index (χ3n) is 2.80. The average molecular weight is 253 g/mol. The number of benzene rings is 1. The first-order valence-corrected chi connectivity index (χ1v) is 6.91. The van der Waals surface area contributed by atoms with Crippen LogP contribution in [0.5, 0.6) is 5.75 Å². The number of fused-ring (bicyclic) bond motifs is 1. The number of ether oxygens (including phenoxy) is 1. The fourth-order valence-corrected chi connectivity index (χ4v) is 3.54. The van der Waals surface area contributed by atoms with Gasteiger partial charge in [-0.25, -0.2) is 8.42 Å². The van der Waals surface area contributed by atoms with Crippen molar-refractivity contribution in [2.24, 2.45) is 5.73 Å². The molecule has 0 aliphatic carbocycles. The molecule has 0 radical (unpaired) electrons. The van der Waals surface area contributed by atoms with Crippen molar-refractivity contribution in [2.75, 3.05) is 13.7 Å². The van der Waals surface area contributed by atoms with E-state index < -0.39 is 9.84 Å². The summed E-state index contributed by atoms with van der Waals surface area (Å²) in [6.07, 6.45) is 2.88. The molecule has 1 aliphatic rings. The van der Waals surface area contributed by atoms with Crippen molar-refractivity contribution in [1.82, 2.24) is 0 Å². The predicted molar refractivity (Wildman–Crippen MR) is 66.4 cm³/mol. The Kier molecular flexibility index (Phi) is 3.22. The average Bonchev–Trinajstić information content (AvgIpc) is 2.57. The second-order valence-corrected chi connectivity index (χ2v) is 5.88. The first kappa shape index (κ1) is 12.1. The van der Waals surface area contributed by atoms with Crippen molar-refractivity contribution in [2.45, 2.75) is 17.7 Å². The third-order valence-corrected chi connectivity index (χ3v) is 4.76. The monoisotopic (exact) mass is 253 g/mol. The van der Waals surface area contributed by atoms with Gasteiger partial charge in [0.05, 0.1) is 12.0 Å². The lowest BCUT2D eigenvalue weighted by molar-refractivity contribution is 0.414. The summed E-state index contributed by atoms with van der Waals surface area (Å²) >= 11 is 0. The molecule has 0 bridgehead atoms. The van der Waals surface area contributed by atoms with E-state index in [1.807, 2.05) is 0 Å². The van der Waals surface area contributed by atoms with Gasteiger partial charge in [0, 0.05) is 4.91 Å². The molecule has 1 heterocycles. The van der Waals surface area contributed by atoms with E-state index in [9.17, 15) is 8.42 Å². The molecule has 2 N–H and O–H groups in total. The molecule has 0 amide bonds. The Balaban J connectivity index is 2.42. The highest BCUT2D eigenvalue weighted by atomic mass is 32.2. The number of hydrogen-bond acceptors (Lipinski definition) is 4. The van der Waals surface area contributed by atoms with Gasteiger partial charge >= 0.3 is 0 Å². The van der Waals surface area contributed by atoms with Crippen LogP contribution in [-0.2, 0) is 9.84 Å². The van der Waals surface area contributed by atoms with E-state index in [2.05, 4.69) is 0 Å². The van der Waals surface area contributed by atoms with Gasteiger partial charge in [-0.15, -0.1) is 0 Å². The van der Waals surface area contributed by atoms with Crippen molar-refractivity contribution in [3.05, 3.63) is 28.7 Å². The molecule has 0 saturated carbocycles. The quantitative estimate of drug-likeness (QED) is 0.884. The zero-order chi connectivity index (χ0) is 12.5. The molecule has 2 rings (SSSR count). The lowest BCUT2D eigenvalue weighted by atomic mass is 10.2. The Bertz CT molecular complexity index is 561. The molecular formula is C12H15NO3S. The largest absolute Gasteiger partial charge is 0.497 e. The van der Waals surface area contributed by atoms with Crippen molar-refractivity contribution in [3.63, 3.8) is 0 Å². The molecule has 92 valence electrons. The number of rotatable bonds is 4. The molecular weight excluding hydrogens is 238 g/mol. The van der Waals surface area contributed by atoms with Gasteiger partial charge in [-0.3, -0.25) is 0 Å². The highest BCUT2D eigenvalue weighted by Crippen LogP contribution is 2.36. The van der Waals surface area contributed by atoms with Crippen LogP contribution >= 0.6 is 0 Å². The molecule has 1 aromatic rings. The van der Waals surface area contributed by atoms with Crippen LogP contribution in [0.1, 0.15) is 18.4 Å². The maximum atomic E-state index is 12.1. The van der Waals surface area contributed by atoms with Crippen LogP contribution in [0.2, 0.25) is 0 Å². The van der Waals surface area contributed by atoms with Crippen LogP contribution < -0.4 is 10.5 Å². The second-order valence-electron chi connectivity index (χ2n) is 3.91. The highest BCUT2D eigenvalue weighted by molar-refractivity contribution is 7.95. The molecule has 0 fully saturated rings. The van der Waals surface area contributed by atoms with Crippen LogP contribution in [0.15, 0.2) is 28.0 Å². The number of nitrogens with two attached hydrogens (primary N) is 1. The van der Waals surface area contributed by atoms with Gasteiger partial charge in [0.1, 0.15) is 5.75 Å². The molecule has 0 unspecified atom stereocenters. The number of hydrogen-bond donors (Lipinski definition) is 1. The minimum Gasteiger partial charge on any atom is -0.497 e. The summed E-state index contributed by atoms with van der Waals surface area (Å²) in [5.74, 6) is 0.662. The minimum absolute atomic E-state index is 0.366. The van der Waals surface area contributed by atoms with Gasteiger partial charge in [0.25, 0.3) is 0 Å². The van der Waals surface area contributed by atoms with Crippen molar-refractivity contribution < 1.29 is 13.2 Å². The molecule has 1 aromatic carbocycles. The van der Waals surface area contributed by atoms with E-state index in [-0.39, 0.29) is 0 Å². The molecule has 0 aromatic heterocycles. The van der Waals surface area contributed by atoms with Gasteiger partial charge in [-0.05, 0) is 49.2 Å². The fraction of sp³-hybridized carbons (Fsp3) is 0.333. The molecule has 0 spiro atoms. The van der Waals surface area contributed by atoms with E-state index in [1.54, 1.807) is 31.4 Å². The van der Waals surface area contributed by atoms with E-state index in [0.717, 1.165) is 0 Å². The zero-order valence-electron chi connectivity index (χ0n) is 9.64. The lowest BCUT2D eigenvalue weighted by Crippen LogP contribution is -2.04. The van der Waals surface area contributed by atoms with E-state index in [4.69, 9.17) is 10.5 Å². The molecule has 0 saturated heterocycles. The van der Waals surface area contributed by atoms with Crippen LogP contribution in [0.25, 0.3) is 6.08 Å². The van der Waals surface area contributed by atoms with Gasteiger partial charge in [0.15, 0.2) is 0 Å². The minimum atomic E-state index is -3.29. The van der Waals surface area contributed by atoms with E-state index >= 15 is 0 Å². The van der Waals surface area contributed by atoms with Crippen LogP contribution in [-0.4, -0.2) is 22.1 Å². The summed E-state index contributed by atoms with van der Waals surface area (Å²) in [6.45, 7) is 0.493. The summed E-state index contributed by atoms with van der Waals surface area (Å²) in [5.41, 5.74) is 6.11. The summed E-state index contributed by atoms with van der Waals surface area (Å²) < 4.78 is 29.4. The smallest absolute Gasteiger partial charge is 0.203 e. The highest BCUT2D eigenvalue weighted by Gasteiger charge is 2.28. The lowest BCUT2D eigenvalue weighted by Gasteiger charge is -2.04. The second kappa shape index (κ2) is 4.50. The standard InChI is InChI=1S/C12H15NO3S/c1-16-10-4-5-12-9(7-10)8-11(3-2-6-13)17(12,14)15/h4-5,7-8H,2-3,6,13H2,1H3. The first-order valence-electron chi connectivity index (χ1n) is 5.43. The summed E-state index contributed by atoms with van der Waals surface area (Å²) in [7, 11) is -1.73. The van der Waals surface area contributed by atoms with Crippen LogP contribution in [0.3, 0.4) is 0 Å². The Morgan fingerprint density at radius 1 is 1.35 bits per heavy atom. The SMILES string of the molecule is COc1ccc2c(c1)C=C(CCCN)S2(=O)=O. The van der Waals surface area contributed by atoms with E-state index in [0.29, 0.717) is 40.5 Å². The Morgan fingerprint density at radius 2 is 2.12 bits per heavy atom. The maximum Gasteiger partial charge on any atom is 0.203 e. The van der Waals surface area contributed by atoms with E-state index in [1.165, 1.54) is 0 Å². The van der Waals surface area contributed by atoms with Crippen LogP contribution in [0.4, 0.5) is 0 Å².